The van der Waals surface area contributed by atoms with Gasteiger partial charge in [0, 0.05) is 22.3 Å². The molecule has 0 aliphatic rings. The van der Waals surface area contributed by atoms with Crippen LogP contribution in [0.3, 0.4) is 0 Å². The molecule has 8 nitrogen and oxygen atoms in total. The molecule has 3 aromatic rings. The summed E-state index contributed by atoms with van der Waals surface area (Å²) in [5.41, 5.74) is 2.64. The normalized spacial score (nSPS) is 10.9. The Hall–Kier alpha value is -3.59. The van der Waals surface area contributed by atoms with Crippen molar-refractivity contribution in [3.05, 3.63) is 96.0 Å². The molecule has 152 valence electrons. The number of non-ortho nitro benzene ring substituents is 1. The summed E-state index contributed by atoms with van der Waals surface area (Å²) in [6.45, 7) is 3.97. The minimum Gasteiger partial charge on any atom is -0.449 e. The number of halogens is 1. The third-order valence-electron chi connectivity index (χ3n) is 4.46. The molecule has 0 fully saturated rings. The van der Waals surface area contributed by atoms with Gasteiger partial charge in [-0.05, 0) is 55.3 Å². The van der Waals surface area contributed by atoms with E-state index in [9.17, 15) is 20.2 Å². The highest BCUT2D eigenvalue weighted by molar-refractivity contribution is 9.10. The number of aryl methyl sites for hydroxylation is 1. The second-order valence-corrected chi connectivity index (χ2v) is 7.34. The topological polar surface area (TPSA) is 108 Å². The van der Waals surface area contributed by atoms with E-state index in [0.29, 0.717) is 11.3 Å². The summed E-state index contributed by atoms with van der Waals surface area (Å²) >= 11 is 3.40. The zero-order valence-electron chi connectivity index (χ0n) is 16.0. The van der Waals surface area contributed by atoms with E-state index >= 15 is 0 Å². The molecule has 3 aromatic carbocycles. The zero-order valence-corrected chi connectivity index (χ0v) is 17.6. The molecular weight excluding hydrogens is 454 g/mol. The SMILES string of the molecule is Cc1cccc(N=Cc2cc(Br)ccc2Oc2ccc([N+](=O)[O-])cc2[N+](=O)[O-])c1C. The summed E-state index contributed by atoms with van der Waals surface area (Å²) in [5, 5.41) is 22.3. The second-order valence-electron chi connectivity index (χ2n) is 6.43. The Morgan fingerprint density at radius 2 is 1.70 bits per heavy atom. The Kier molecular flexibility index (Phi) is 6.22. The van der Waals surface area contributed by atoms with E-state index in [1.165, 1.54) is 6.07 Å². The van der Waals surface area contributed by atoms with Crippen molar-refractivity contribution in [2.75, 3.05) is 0 Å². The van der Waals surface area contributed by atoms with Gasteiger partial charge in [-0.25, -0.2) is 0 Å². The van der Waals surface area contributed by atoms with E-state index in [2.05, 4.69) is 20.9 Å². The highest BCUT2D eigenvalue weighted by atomic mass is 79.9. The molecule has 9 heteroatoms. The number of nitro groups is 2. The van der Waals surface area contributed by atoms with Crippen LogP contribution < -0.4 is 4.74 Å². The van der Waals surface area contributed by atoms with Crippen LogP contribution in [0.4, 0.5) is 17.1 Å². The number of nitrogens with zero attached hydrogens (tertiary/aromatic N) is 3. The lowest BCUT2D eigenvalue weighted by molar-refractivity contribution is -0.394. The third-order valence-corrected chi connectivity index (χ3v) is 4.95. The van der Waals surface area contributed by atoms with Crippen LogP contribution in [-0.4, -0.2) is 16.1 Å². The fourth-order valence-electron chi connectivity index (χ4n) is 2.69. The minimum absolute atomic E-state index is 0.102. The van der Waals surface area contributed by atoms with E-state index in [1.54, 1.807) is 24.4 Å². The maximum absolute atomic E-state index is 11.4. The lowest BCUT2D eigenvalue weighted by atomic mass is 10.1. The van der Waals surface area contributed by atoms with Crippen molar-refractivity contribution in [3.8, 4) is 11.5 Å². The molecule has 0 amide bonds. The fraction of sp³-hybridized carbons (Fsp3) is 0.0952. The number of nitro benzene ring substituents is 2. The van der Waals surface area contributed by atoms with Gasteiger partial charge in [0.05, 0.1) is 21.6 Å². The average molecular weight is 470 g/mol. The number of ether oxygens (including phenoxy) is 1. The Bertz CT molecular complexity index is 1180. The summed E-state index contributed by atoms with van der Waals surface area (Å²) in [6.07, 6.45) is 1.61. The van der Waals surface area contributed by atoms with E-state index in [4.69, 9.17) is 4.74 Å². The monoisotopic (exact) mass is 469 g/mol. The van der Waals surface area contributed by atoms with Gasteiger partial charge in [-0.15, -0.1) is 0 Å². The Labute approximate surface area is 180 Å². The van der Waals surface area contributed by atoms with Crippen molar-refractivity contribution >= 4 is 39.2 Å². The van der Waals surface area contributed by atoms with Gasteiger partial charge in [0.1, 0.15) is 5.75 Å². The average Bonchev–Trinajstić information content (AvgIpc) is 2.70. The molecule has 30 heavy (non-hydrogen) atoms. The standard InChI is InChI=1S/C21H16BrN3O5/c1-13-4-3-5-18(14(13)2)23-12-15-10-16(22)6-8-20(15)30-21-9-7-17(24(26)27)11-19(21)25(28)29/h3-12H,1-2H3. The smallest absolute Gasteiger partial charge is 0.318 e. The number of aliphatic imine (C=N–C) groups is 1. The molecule has 0 bridgehead atoms. The Morgan fingerprint density at radius 1 is 0.967 bits per heavy atom. The van der Waals surface area contributed by atoms with Crippen molar-refractivity contribution in [2.45, 2.75) is 13.8 Å². The number of hydrogen-bond acceptors (Lipinski definition) is 6. The fourth-order valence-corrected chi connectivity index (χ4v) is 3.07. The molecule has 0 heterocycles. The van der Waals surface area contributed by atoms with E-state index in [0.717, 1.165) is 33.4 Å². The van der Waals surface area contributed by atoms with Crippen LogP contribution in [0, 0.1) is 34.1 Å². The van der Waals surface area contributed by atoms with Gasteiger partial charge in [-0.2, -0.15) is 0 Å². The number of hydrogen-bond donors (Lipinski definition) is 0. The highest BCUT2D eigenvalue weighted by Crippen LogP contribution is 2.36. The summed E-state index contributed by atoms with van der Waals surface area (Å²) in [5.74, 6) is 0.221. The zero-order chi connectivity index (χ0) is 21.8. The summed E-state index contributed by atoms with van der Waals surface area (Å²) in [4.78, 5) is 25.4. The van der Waals surface area contributed by atoms with Crippen LogP contribution in [0.5, 0.6) is 11.5 Å². The lowest BCUT2D eigenvalue weighted by Gasteiger charge is -2.10. The maximum atomic E-state index is 11.4. The first kappa shape index (κ1) is 21.1. The van der Waals surface area contributed by atoms with E-state index in [-0.39, 0.29) is 11.4 Å². The van der Waals surface area contributed by atoms with Gasteiger partial charge in [-0.3, -0.25) is 25.2 Å². The van der Waals surface area contributed by atoms with Crippen molar-refractivity contribution in [1.82, 2.24) is 0 Å². The van der Waals surface area contributed by atoms with Crippen LogP contribution in [0.2, 0.25) is 0 Å². The van der Waals surface area contributed by atoms with Crippen LogP contribution in [0.25, 0.3) is 0 Å². The van der Waals surface area contributed by atoms with Crippen molar-refractivity contribution in [3.63, 3.8) is 0 Å². The second kappa shape index (κ2) is 8.83. The van der Waals surface area contributed by atoms with Gasteiger partial charge in [0.15, 0.2) is 0 Å². The predicted molar refractivity (Wildman–Crippen MR) is 117 cm³/mol. The quantitative estimate of drug-likeness (QED) is 0.235. The van der Waals surface area contributed by atoms with Crippen molar-refractivity contribution in [2.24, 2.45) is 4.99 Å². The number of benzene rings is 3. The van der Waals surface area contributed by atoms with Gasteiger partial charge in [0.2, 0.25) is 5.75 Å². The minimum atomic E-state index is -0.717. The molecule has 0 aromatic heterocycles. The lowest BCUT2D eigenvalue weighted by Crippen LogP contribution is -1.97. The molecule has 0 unspecified atom stereocenters. The van der Waals surface area contributed by atoms with Crippen LogP contribution >= 0.6 is 15.9 Å². The van der Waals surface area contributed by atoms with Gasteiger partial charge in [0.25, 0.3) is 5.69 Å². The van der Waals surface area contributed by atoms with E-state index in [1.807, 2.05) is 32.0 Å². The third kappa shape index (κ3) is 4.69. The Balaban J connectivity index is 2.00. The summed E-state index contributed by atoms with van der Waals surface area (Å²) in [7, 11) is 0. The molecule has 0 aliphatic carbocycles. The Morgan fingerprint density at radius 3 is 2.40 bits per heavy atom. The van der Waals surface area contributed by atoms with E-state index < -0.39 is 15.5 Å². The van der Waals surface area contributed by atoms with Crippen LogP contribution in [-0.2, 0) is 0 Å². The maximum Gasteiger partial charge on any atom is 0.318 e. The molecule has 0 spiro atoms. The first-order valence-electron chi connectivity index (χ1n) is 8.77. The highest BCUT2D eigenvalue weighted by Gasteiger charge is 2.21. The summed E-state index contributed by atoms with van der Waals surface area (Å²) < 4.78 is 6.53. The van der Waals surface area contributed by atoms with Gasteiger partial charge in [-0.1, -0.05) is 28.1 Å². The van der Waals surface area contributed by atoms with Gasteiger partial charge >= 0.3 is 5.69 Å². The van der Waals surface area contributed by atoms with Crippen molar-refractivity contribution < 1.29 is 14.6 Å². The molecule has 0 saturated heterocycles. The summed E-state index contributed by atoms with van der Waals surface area (Å²) in [6, 6.07) is 14.2. The number of rotatable bonds is 6. The molecular formula is C21H16BrN3O5. The molecule has 0 saturated carbocycles. The largest absolute Gasteiger partial charge is 0.449 e. The molecule has 0 aliphatic heterocycles. The molecule has 0 N–H and O–H groups in total. The first-order chi connectivity index (χ1) is 14.3. The van der Waals surface area contributed by atoms with Crippen molar-refractivity contribution in [1.29, 1.82) is 0 Å². The molecule has 0 atom stereocenters. The van der Waals surface area contributed by atoms with Crippen LogP contribution in [0.1, 0.15) is 16.7 Å². The molecule has 3 rings (SSSR count). The first-order valence-corrected chi connectivity index (χ1v) is 9.56. The predicted octanol–water partition coefficient (Wildman–Crippen LogP) is 6.43. The van der Waals surface area contributed by atoms with Gasteiger partial charge < -0.3 is 4.74 Å². The van der Waals surface area contributed by atoms with Crippen LogP contribution in [0.15, 0.2) is 64.1 Å². The molecule has 0 radical (unpaired) electrons.